The highest BCUT2D eigenvalue weighted by atomic mass is 32.2. The van der Waals surface area contributed by atoms with Gasteiger partial charge in [-0.1, -0.05) is 54.2 Å². The summed E-state index contributed by atoms with van der Waals surface area (Å²) in [6, 6.07) is 17.5. The molecule has 0 aliphatic heterocycles. The predicted octanol–water partition coefficient (Wildman–Crippen LogP) is 4.16. The van der Waals surface area contributed by atoms with E-state index in [-0.39, 0.29) is 0 Å². The van der Waals surface area contributed by atoms with Gasteiger partial charge in [0.1, 0.15) is 5.75 Å². The zero-order chi connectivity index (χ0) is 18.9. The topological polar surface area (TPSA) is 85.8 Å². The van der Waals surface area contributed by atoms with Crippen LogP contribution in [0, 0.1) is 6.92 Å². The van der Waals surface area contributed by atoms with Gasteiger partial charge in [-0.15, -0.1) is 5.10 Å². The van der Waals surface area contributed by atoms with Crippen LogP contribution in [0.15, 0.2) is 77.2 Å². The van der Waals surface area contributed by atoms with Crippen molar-refractivity contribution in [3.63, 3.8) is 0 Å². The molecule has 7 heteroatoms. The van der Waals surface area contributed by atoms with Gasteiger partial charge in [0.15, 0.2) is 5.17 Å². The van der Waals surface area contributed by atoms with Crippen molar-refractivity contribution in [2.24, 2.45) is 15.9 Å². The molecule has 6 nitrogen and oxygen atoms in total. The summed E-state index contributed by atoms with van der Waals surface area (Å²) >= 11 is 1.45. The third-order valence-electron chi connectivity index (χ3n) is 3.41. The zero-order valence-electron chi connectivity index (χ0n) is 14.8. The van der Waals surface area contributed by atoms with E-state index in [0.717, 1.165) is 17.0 Å². The molecule has 1 heterocycles. The van der Waals surface area contributed by atoms with Gasteiger partial charge in [-0.05, 0) is 30.2 Å². The molecule has 0 amide bonds. The van der Waals surface area contributed by atoms with E-state index in [4.69, 9.17) is 10.5 Å². The van der Waals surface area contributed by atoms with Gasteiger partial charge in [0.05, 0.1) is 18.1 Å². The minimum Gasteiger partial charge on any atom is -0.437 e. The molecule has 0 saturated carbocycles. The summed E-state index contributed by atoms with van der Waals surface area (Å²) < 4.78 is 5.71. The predicted molar refractivity (Wildman–Crippen MR) is 110 cm³/mol. The van der Waals surface area contributed by atoms with Gasteiger partial charge in [0.25, 0.3) is 0 Å². The number of nitrogens with zero attached hydrogens (tertiary/aromatic N) is 4. The first-order chi connectivity index (χ1) is 13.2. The Morgan fingerprint density at radius 3 is 2.81 bits per heavy atom. The van der Waals surface area contributed by atoms with Crippen LogP contribution in [0.2, 0.25) is 0 Å². The molecule has 0 spiro atoms. The fourth-order valence-corrected chi connectivity index (χ4v) is 2.79. The molecule has 3 aromatic rings. The highest BCUT2D eigenvalue weighted by Crippen LogP contribution is 2.19. The summed E-state index contributed by atoms with van der Waals surface area (Å²) in [6.07, 6.45) is 4.88. The number of ether oxygens (including phenoxy) is 1. The Bertz CT molecular complexity index is 944. The van der Waals surface area contributed by atoms with Gasteiger partial charge < -0.3 is 10.5 Å². The first-order valence-corrected chi connectivity index (χ1v) is 9.27. The van der Waals surface area contributed by atoms with E-state index in [9.17, 15) is 0 Å². The van der Waals surface area contributed by atoms with Crippen molar-refractivity contribution in [1.82, 2.24) is 9.97 Å². The Labute approximate surface area is 162 Å². The van der Waals surface area contributed by atoms with Crippen molar-refractivity contribution >= 4 is 23.1 Å². The van der Waals surface area contributed by atoms with E-state index in [1.165, 1.54) is 17.3 Å². The Balaban J connectivity index is 1.58. The van der Waals surface area contributed by atoms with Crippen LogP contribution < -0.4 is 10.5 Å². The minimum atomic E-state index is 0.414. The van der Waals surface area contributed by atoms with E-state index in [1.54, 1.807) is 18.6 Å². The third kappa shape index (κ3) is 6.23. The van der Waals surface area contributed by atoms with E-state index in [1.807, 2.05) is 61.5 Å². The summed E-state index contributed by atoms with van der Waals surface area (Å²) in [5.74, 6) is 1.85. The molecule has 27 heavy (non-hydrogen) atoms. The number of hydrogen-bond acceptors (Lipinski definition) is 6. The van der Waals surface area contributed by atoms with Crippen LogP contribution >= 0.6 is 11.8 Å². The Hall–Kier alpha value is -3.19. The number of amidine groups is 1. The van der Waals surface area contributed by atoms with E-state index >= 15 is 0 Å². The maximum atomic E-state index is 5.89. The smallest absolute Gasteiger partial charge is 0.238 e. The van der Waals surface area contributed by atoms with Crippen LogP contribution in [0.25, 0.3) is 0 Å². The molecular weight excluding hydrogens is 358 g/mol. The van der Waals surface area contributed by atoms with Crippen LogP contribution in [0.1, 0.15) is 16.8 Å². The average Bonchev–Trinajstić information content (AvgIpc) is 2.68. The Morgan fingerprint density at radius 1 is 1.15 bits per heavy atom. The van der Waals surface area contributed by atoms with Crippen molar-refractivity contribution in [2.75, 3.05) is 0 Å². The molecule has 0 aliphatic rings. The second kappa shape index (κ2) is 9.49. The molecule has 136 valence electrons. The van der Waals surface area contributed by atoms with Gasteiger partial charge in [-0.3, -0.25) is 4.98 Å². The number of hydrogen-bond donors (Lipinski definition) is 1. The van der Waals surface area contributed by atoms with E-state index in [2.05, 4.69) is 20.2 Å². The standard InChI is InChI=1S/C20H19N5OS/c1-15-11-22-13-19(24-15)26-18-9-5-8-17(10-18)12-23-25-20(21)27-14-16-6-3-2-4-7-16/h2-13H,14H2,1H3,(H2,21,25). The summed E-state index contributed by atoms with van der Waals surface area (Å²) in [4.78, 5) is 8.33. The maximum Gasteiger partial charge on any atom is 0.238 e. The van der Waals surface area contributed by atoms with Gasteiger partial charge in [-0.25, -0.2) is 4.98 Å². The molecular formula is C20H19N5OS. The second-order valence-corrected chi connectivity index (χ2v) is 6.63. The first-order valence-electron chi connectivity index (χ1n) is 8.29. The molecule has 0 unspecified atom stereocenters. The molecule has 0 atom stereocenters. The monoisotopic (exact) mass is 377 g/mol. The fourth-order valence-electron chi connectivity index (χ4n) is 2.18. The lowest BCUT2D eigenvalue weighted by Gasteiger charge is -2.05. The normalized spacial score (nSPS) is 11.7. The molecule has 1 aromatic heterocycles. The average molecular weight is 377 g/mol. The van der Waals surface area contributed by atoms with Gasteiger partial charge in [-0.2, -0.15) is 5.10 Å². The molecule has 0 aliphatic carbocycles. The maximum absolute atomic E-state index is 5.89. The minimum absolute atomic E-state index is 0.414. The first kappa shape index (κ1) is 18.6. The number of nitrogens with two attached hydrogens (primary N) is 1. The molecule has 2 N–H and O–H groups in total. The van der Waals surface area contributed by atoms with Crippen molar-refractivity contribution < 1.29 is 4.74 Å². The largest absolute Gasteiger partial charge is 0.437 e. The number of rotatable bonds is 6. The lowest BCUT2D eigenvalue weighted by molar-refractivity contribution is 0.458. The lowest BCUT2D eigenvalue weighted by atomic mass is 10.2. The highest BCUT2D eigenvalue weighted by molar-refractivity contribution is 8.13. The summed E-state index contributed by atoms with van der Waals surface area (Å²) in [7, 11) is 0. The van der Waals surface area contributed by atoms with Gasteiger partial charge in [0, 0.05) is 11.9 Å². The number of benzene rings is 2. The third-order valence-corrected chi connectivity index (χ3v) is 4.26. The summed E-state index contributed by atoms with van der Waals surface area (Å²) in [5, 5.41) is 8.49. The molecule has 3 rings (SSSR count). The number of aromatic nitrogens is 2. The summed E-state index contributed by atoms with van der Waals surface area (Å²) in [5.41, 5.74) is 8.72. The zero-order valence-corrected chi connectivity index (χ0v) is 15.6. The van der Waals surface area contributed by atoms with E-state index in [0.29, 0.717) is 16.8 Å². The van der Waals surface area contributed by atoms with Gasteiger partial charge >= 0.3 is 0 Å². The van der Waals surface area contributed by atoms with Crippen molar-refractivity contribution in [3.8, 4) is 11.6 Å². The second-order valence-electron chi connectivity index (χ2n) is 5.63. The molecule has 0 fully saturated rings. The molecule has 0 bridgehead atoms. The lowest BCUT2D eigenvalue weighted by Crippen LogP contribution is -2.05. The van der Waals surface area contributed by atoms with Crippen LogP contribution in [-0.2, 0) is 5.75 Å². The quantitative estimate of drug-likeness (QED) is 0.396. The fraction of sp³-hybridized carbons (Fsp3) is 0.100. The Morgan fingerprint density at radius 2 is 2.00 bits per heavy atom. The van der Waals surface area contributed by atoms with Crippen LogP contribution in [0.5, 0.6) is 11.6 Å². The van der Waals surface area contributed by atoms with Gasteiger partial charge in [0.2, 0.25) is 5.88 Å². The molecule has 2 aromatic carbocycles. The van der Waals surface area contributed by atoms with Crippen molar-refractivity contribution in [3.05, 3.63) is 83.8 Å². The summed E-state index contributed by atoms with van der Waals surface area (Å²) in [6.45, 7) is 1.86. The molecule has 0 saturated heterocycles. The van der Waals surface area contributed by atoms with Crippen LogP contribution in [-0.4, -0.2) is 21.4 Å². The Kier molecular flexibility index (Phi) is 6.54. The van der Waals surface area contributed by atoms with Crippen molar-refractivity contribution in [2.45, 2.75) is 12.7 Å². The van der Waals surface area contributed by atoms with Crippen molar-refractivity contribution in [1.29, 1.82) is 0 Å². The van der Waals surface area contributed by atoms with E-state index < -0.39 is 0 Å². The SMILES string of the molecule is Cc1cncc(Oc2cccc(C=NN=C(N)SCc3ccccc3)c2)n1. The number of thioether (sulfide) groups is 1. The number of aryl methyl sites for hydroxylation is 1. The van der Waals surface area contributed by atoms with Crippen LogP contribution in [0.4, 0.5) is 0 Å². The highest BCUT2D eigenvalue weighted by Gasteiger charge is 2.00. The van der Waals surface area contributed by atoms with Crippen LogP contribution in [0.3, 0.4) is 0 Å². The molecule has 0 radical (unpaired) electrons.